The van der Waals surface area contributed by atoms with Crippen LogP contribution in [0.15, 0.2) is 48.5 Å². The van der Waals surface area contributed by atoms with E-state index in [9.17, 15) is 19.7 Å². The van der Waals surface area contributed by atoms with Gasteiger partial charge >= 0.3 is 5.97 Å². The summed E-state index contributed by atoms with van der Waals surface area (Å²) in [5, 5.41) is 13.8. The first-order chi connectivity index (χ1) is 17.6. The Bertz CT molecular complexity index is 1110. The first-order valence-corrected chi connectivity index (χ1v) is 11.9. The molecular weight excluding hydrogens is 514 g/mol. The average molecular weight is 550 g/mol. The molecule has 1 unspecified atom stereocenters. The van der Waals surface area contributed by atoms with E-state index in [2.05, 4.69) is 10.3 Å². The molecule has 2 heterocycles. The lowest BCUT2D eigenvalue weighted by molar-refractivity contribution is -0.404. The highest BCUT2D eigenvalue weighted by molar-refractivity contribution is 6.29. The van der Waals surface area contributed by atoms with E-state index in [0.29, 0.717) is 24.1 Å². The molecule has 0 bridgehead atoms. The Kier molecular flexibility index (Phi) is 13.2. The molecule has 1 fully saturated rings. The Morgan fingerprint density at radius 3 is 2.45 bits per heavy atom. The highest BCUT2D eigenvalue weighted by Gasteiger charge is 2.30. The Labute approximate surface area is 228 Å². The summed E-state index contributed by atoms with van der Waals surface area (Å²) in [5.41, 5.74) is 3.54. The van der Waals surface area contributed by atoms with Crippen molar-refractivity contribution in [1.82, 2.24) is 15.2 Å². The number of pyridine rings is 1. The van der Waals surface area contributed by atoms with Crippen LogP contribution in [-0.2, 0) is 25.6 Å². The SMILES string of the molecule is C.COCC(=O)N(c1c(C)cccc1C)C(C)C(=O)OC.O=[N+]([O-])/C=C1\NCCN1Cc1ccc(Cl)nc1. The smallest absolute Gasteiger partial charge is 0.328 e. The van der Waals surface area contributed by atoms with E-state index in [1.54, 1.807) is 19.2 Å². The second kappa shape index (κ2) is 15.5. The third-order valence-corrected chi connectivity index (χ3v) is 5.79. The molecule has 1 aromatic carbocycles. The van der Waals surface area contributed by atoms with Crippen molar-refractivity contribution in [3.63, 3.8) is 0 Å². The van der Waals surface area contributed by atoms with Crippen LogP contribution >= 0.6 is 11.6 Å². The van der Waals surface area contributed by atoms with Crippen LogP contribution in [0, 0.1) is 24.0 Å². The van der Waals surface area contributed by atoms with Crippen molar-refractivity contribution in [2.75, 3.05) is 38.8 Å². The molecule has 2 aromatic rings. The van der Waals surface area contributed by atoms with Crippen LogP contribution in [0.1, 0.15) is 31.0 Å². The van der Waals surface area contributed by atoms with Gasteiger partial charge in [-0.25, -0.2) is 9.78 Å². The van der Waals surface area contributed by atoms with Crippen LogP contribution in [-0.4, -0.2) is 66.6 Å². The average Bonchev–Trinajstić information content (AvgIpc) is 3.28. The van der Waals surface area contributed by atoms with Crippen molar-refractivity contribution in [1.29, 1.82) is 0 Å². The number of benzene rings is 1. The number of esters is 1. The Hall–Kier alpha value is -3.70. The number of ether oxygens (including phenoxy) is 2. The third kappa shape index (κ3) is 9.00. The zero-order chi connectivity index (χ0) is 27.5. The van der Waals surface area contributed by atoms with E-state index < -0.39 is 16.9 Å². The third-order valence-electron chi connectivity index (χ3n) is 5.56. The fourth-order valence-electron chi connectivity index (χ4n) is 3.85. The maximum absolute atomic E-state index is 12.3. The lowest BCUT2D eigenvalue weighted by Crippen LogP contribution is -2.46. The van der Waals surface area contributed by atoms with E-state index >= 15 is 0 Å². The molecule has 3 rings (SSSR count). The van der Waals surface area contributed by atoms with Crippen molar-refractivity contribution in [2.24, 2.45) is 0 Å². The standard InChI is InChI=1S/C15H21NO4.C10H11ClN4O2.CH4/c1-10-7-6-8-11(2)14(10)16(13(17)9-19-4)12(3)15(18)20-5;11-9-2-1-8(5-13-9)6-14-4-3-12-10(14)7-15(16)17;/h6-8,12H,9H2,1-5H3;1-2,5,7,12H,3-4,6H2;1H4/b;10-7+;. The fraction of sp³-hybridized carbons (Fsp3) is 0.423. The zero-order valence-corrected chi connectivity index (χ0v) is 22.3. The lowest BCUT2D eigenvalue weighted by Gasteiger charge is -2.30. The number of carbonyl (C=O) groups excluding carboxylic acids is 2. The molecule has 1 amide bonds. The first-order valence-electron chi connectivity index (χ1n) is 11.5. The van der Waals surface area contributed by atoms with Gasteiger partial charge in [-0.2, -0.15) is 0 Å². The molecular formula is C26H36ClN5O6. The van der Waals surface area contributed by atoms with Crippen molar-refractivity contribution < 1.29 is 24.0 Å². The van der Waals surface area contributed by atoms with E-state index in [1.807, 2.05) is 43.0 Å². The van der Waals surface area contributed by atoms with Gasteiger partial charge in [-0.3, -0.25) is 19.8 Å². The van der Waals surface area contributed by atoms with Gasteiger partial charge < -0.3 is 19.7 Å². The molecule has 1 aromatic heterocycles. The molecule has 12 heteroatoms. The number of anilines is 1. The molecule has 0 saturated carbocycles. The molecule has 38 heavy (non-hydrogen) atoms. The molecule has 1 aliphatic rings. The Morgan fingerprint density at radius 2 is 1.92 bits per heavy atom. The molecule has 0 aliphatic carbocycles. The van der Waals surface area contributed by atoms with Gasteiger partial charge in [0.25, 0.3) is 12.1 Å². The van der Waals surface area contributed by atoms with Crippen molar-refractivity contribution in [2.45, 2.75) is 40.8 Å². The summed E-state index contributed by atoms with van der Waals surface area (Å²) in [7, 11) is 2.76. The van der Waals surface area contributed by atoms with Gasteiger partial charge in [0, 0.05) is 32.9 Å². The number of rotatable bonds is 8. The van der Waals surface area contributed by atoms with Gasteiger partial charge in [0.05, 0.1) is 17.7 Å². The predicted molar refractivity (Wildman–Crippen MR) is 146 cm³/mol. The van der Waals surface area contributed by atoms with Gasteiger partial charge in [-0.05, 0) is 43.5 Å². The van der Waals surface area contributed by atoms with Gasteiger partial charge in [-0.15, -0.1) is 0 Å². The lowest BCUT2D eigenvalue weighted by atomic mass is 10.1. The highest BCUT2D eigenvalue weighted by Crippen LogP contribution is 2.27. The minimum atomic E-state index is -0.706. The molecule has 1 atom stereocenters. The summed E-state index contributed by atoms with van der Waals surface area (Å²) in [6.45, 7) is 7.39. The monoisotopic (exact) mass is 549 g/mol. The summed E-state index contributed by atoms with van der Waals surface area (Å²) in [6.07, 6.45) is 2.65. The summed E-state index contributed by atoms with van der Waals surface area (Å²) in [5.74, 6) is -0.204. The Balaban J connectivity index is 0.000000374. The minimum absolute atomic E-state index is 0. The number of hydrogen-bond acceptors (Lipinski definition) is 9. The number of aromatic nitrogens is 1. The maximum Gasteiger partial charge on any atom is 0.328 e. The van der Waals surface area contributed by atoms with Gasteiger partial charge in [-0.1, -0.05) is 43.3 Å². The topological polar surface area (TPSA) is 127 Å². The molecule has 1 saturated heterocycles. The van der Waals surface area contributed by atoms with Gasteiger partial charge in [0.1, 0.15) is 17.8 Å². The number of halogens is 1. The zero-order valence-electron chi connectivity index (χ0n) is 21.6. The number of methoxy groups -OCH3 is 2. The largest absolute Gasteiger partial charge is 0.467 e. The molecule has 1 aliphatic heterocycles. The van der Waals surface area contributed by atoms with Crippen molar-refractivity contribution >= 4 is 29.2 Å². The summed E-state index contributed by atoms with van der Waals surface area (Å²) in [4.78, 5) is 41.4. The number of nitrogens with one attached hydrogen (secondary N) is 1. The number of carbonyl (C=O) groups is 2. The van der Waals surface area contributed by atoms with E-state index in [1.165, 1.54) is 19.1 Å². The van der Waals surface area contributed by atoms with Crippen molar-refractivity contribution in [3.05, 3.63) is 80.5 Å². The number of nitro groups is 1. The quantitative estimate of drug-likeness (QED) is 0.227. The molecule has 208 valence electrons. The number of amides is 1. The number of aryl methyl sites for hydroxylation is 2. The van der Waals surface area contributed by atoms with Gasteiger partial charge in [0.15, 0.2) is 5.82 Å². The van der Waals surface area contributed by atoms with Gasteiger partial charge in [0.2, 0.25) is 0 Å². The van der Waals surface area contributed by atoms with Crippen LogP contribution in [0.5, 0.6) is 0 Å². The normalized spacial score (nSPS) is 13.9. The van der Waals surface area contributed by atoms with E-state index in [4.69, 9.17) is 21.1 Å². The number of hydrogen-bond donors (Lipinski definition) is 1. The highest BCUT2D eigenvalue weighted by atomic mass is 35.5. The van der Waals surface area contributed by atoms with Crippen LogP contribution in [0.2, 0.25) is 5.15 Å². The van der Waals surface area contributed by atoms with E-state index in [-0.39, 0.29) is 19.9 Å². The summed E-state index contributed by atoms with van der Waals surface area (Å²) >= 11 is 5.69. The molecule has 0 radical (unpaired) electrons. The first kappa shape index (κ1) is 32.3. The van der Waals surface area contributed by atoms with Crippen LogP contribution in [0.3, 0.4) is 0 Å². The second-order valence-electron chi connectivity index (χ2n) is 8.27. The van der Waals surface area contributed by atoms with Crippen molar-refractivity contribution in [3.8, 4) is 0 Å². The molecule has 1 N–H and O–H groups in total. The summed E-state index contributed by atoms with van der Waals surface area (Å²) < 4.78 is 9.65. The molecule has 0 spiro atoms. The fourth-order valence-corrected chi connectivity index (χ4v) is 3.96. The van der Waals surface area contributed by atoms with Crippen LogP contribution in [0.25, 0.3) is 0 Å². The summed E-state index contributed by atoms with van der Waals surface area (Å²) in [6, 6.07) is 8.58. The predicted octanol–water partition coefficient (Wildman–Crippen LogP) is 3.70. The second-order valence-corrected chi connectivity index (χ2v) is 8.66. The number of para-hydroxylation sites is 1. The minimum Gasteiger partial charge on any atom is -0.467 e. The number of nitrogens with zero attached hydrogens (tertiary/aromatic N) is 4. The Morgan fingerprint density at radius 1 is 1.26 bits per heavy atom. The molecule has 11 nitrogen and oxygen atoms in total. The van der Waals surface area contributed by atoms with Crippen LogP contribution in [0.4, 0.5) is 5.69 Å². The van der Waals surface area contributed by atoms with E-state index in [0.717, 1.165) is 35.1 Å². The van der Waals surface area contributed by atoms with Crippen LogP contribution < -0.4 is 10.2 Å². The maximum atomic E-state index is 12.3.